The zero-order valence-electron chi connectivity index (χ0n) is 11.4. The third kappa shape index (κ3) is 3.32. The topological polar surface area (TPSA) is 24.9 Å². The van der Waals surface area contributed by atoms with Crippen LogP contribution in [-0.4, -0.2) is 11.5 Å². The maximum atomic E-state index is 4.68. The minimum atomic E-state index is 0.886. The van der Waals surface area contributed by atoms with Gasteiger partial charge in [0.15, 0.2) is 0 Å². The molecule has 1 aliphatic carbocycles. The highest BCUT2D eigenvalue weighted by molar-refractivity contribution is 5.78. The molecule has 2 heteroatoms. The second-order valence-electron chi connectivity index (χ2n) is 5.61. The minimum Gasteiger partial charge on any atom is -0.311 e. The summed E-state index contributed by atoms with van der Waals surface area (Å²) in [6.45, 7) is 2.01. The molecule has 3 rings (SSSR count). The van der Waals surface area contributed by atoms with Gasteiger partial charge in [-0.2, -0.15) is 0 Å². The fraction of sp³-hybridized carbons (Fsp3) is 0.471. The number of hydrogen-bond donors (Lipinski definition) is 1. The van der Waals surface area contributed by atoms with Crippen LogP contribution in [0.1, 0.15) is 37.8 Å². The SMILES string of the molecule is c1ccc2nc(CNCCC3CCCC3)ccc2c1. The largest absolute Gasteiger partial charge is 0.311 e. The van der Waals surface area contributed by atoms with Crippen LogP contribution < -0.4 is 5.32 Å². The maximum Gasteiger partial charge on any atom is 0.0705 e. The Balaban J connectivity index is 1.50. The molecule has 1 aromatic heterocycles. The molecule has 1 aromatic carbocycles. The first kappa shape index (κ1) is 12.6. The Morgan fingerprint density at radius 1 is 1.05 bits per heavy atom. The third-order valence-electron chi connectivity index (χ3n) is 4.17. The van der Waals surface area contributed by atoms with Gasteiger partial charge in [-0.3, -0.25) is 4.98 Å². The molecule has 0 saturated heterocycles. The van der Waals surface area contributed by atoms with Crippen LogP contribution in [0.15, 0.2) is 36.4 Å². The summed E-state index contributed by atoms with van der Waals surface area (Å²) in [6.07, 6.45) is 7.09. The fourth-order valence-electron chi connectivity index (χ4n) is 3.03. The average Bonchev–Trinajstić information content (AvgIpc) is 2.97. The Morgan fingerprint density at radius 3 is 2.79 bits per heavy atom. The molecule has 1 saturated carbocycles. The molecule has 1 aliphatic rings. The minimum absolute atomic E-state index is 0.886. The first-order valence-electron chi connectivity index (χ1n) is 7.47. The van der Waals surface area contributed by atoms with Crippen molar-refractivity contribution in [1.29, 1.82) is 0 Å². The van der Waals surface area contributed by atoms with E-state index in [-0.39, 0.29) is 0 Å². The number of pyridine rings is 1. The summed E-state index contributed by atoms with van der Waals surface area (Å²) in [5.74, 6) is 0.970. The summed E-state index contributed by atoms with van der Waals surface area (Å²) in [5, 5.41) is 4.75. The predicted molar refractivity (Wildman–Crippen MR) is 80.0 cm³/mol. The molecule has 0 radical (unpaired) electrons. The fourth-order valence-corrected chi connectivity index (χ4v) is 3.03. The van der Waals surface area contributed by atoms with Gasteiger partial charge in [-0.15, -0.1) is 0 Å². The molecule has 0 unspecified atom stereocenters. The van der Waals surface area contributed by atoms with Crippen LogP contribution >= 0.6 is 0 Å². The van der Waals surface area contributed by atoms with Crippen molar-refractivity contribution in [3.05, 3.63) is 42.1 Å². The number of para-hydroxylation sites is 1. The molecule has 1 heterocycles. The number of benzene rings is 1. The lowest BCUT2D eigenvalue weighted by molar-refractivity contribution is 0.476. The third-order valence-corrected chi connectivity index (χ3v) is 4.17. The number of nitrogens with zero attached hydrogens (tertiary/aromatic N) is 1. The van der Waals surface area contributed by atoms with Crippen LogP contribution in [0.2, 0.25) is 0 Å². The van der Waals surface area contributed by atoms with Gasteiger partial charge in [0, 0.05) is 11.9 Å². The highest BCUT2D eigenvalue weighted by atomic mass is 14.9. The molecule has 0 aliphatic heterocycles. The number of aromatic nitrogens is 1. The van der Waals surface area contributed by atoms with E-state index in [4.69, 9.17) is 0 Å². The normalized spacial score (nSPS) is 16.2. The number of fused-ring (bicyclic) bond motifs is 1. The Morgan fingerprint density at radius 2 is 1.89 bits per heavy atom. The van der Waals surface area contributed by atoms with Crippen molar-refractivity contribution in [2.45, 2.75) is 38.6 Å². The molecule has 2 nitrogen and oxygen atoms in total. The van der Waals surface area contributed by atoms with Gasteiger partial charge in [0.25, 0.3) is 0 Å². The van der Waals surface area contributed by atoms with Crippen LogP contribution in [0.5, 0.6) is 0 Å². The van der Waals surface area contributed by atoms with Crippen molar-refractivity contribution in [2.24, 2.45) is 5.92 Å². The summed E-state index contributed by atoms with van der Waals surface area (Å²) in [4.78, 5) is 4.68. The highest BCUT2D eigenvalue weighted by Gasteiger charge is 2.13. The smallest absolute Gasteiger partial charge is 0.0705 e. The van der Waals surface area contributed by atoms with E-state index in [1.54, 1.807) is 0 Å². The van der Waals surface area contributed by atoms with Crippen molar-refractivity contribution in [2.75, 3.05) is 6.54 Å². The van der Waals surface area contributed by atoms with E-state index in [2.05, 4.69) is 40.6 Å². The van der Waals surface area contributed by atoms with Crippen LogP contribution in [-0.2, 0) is 6.54 Å². The quantitative estimate of drug-likeness (QED) is 0.818. The van der Waals surface area contributed by atoms with Crippen molar-refractivity contribution < 1.29 is 0 Å². The van der Waals surface area contributed by atoms with E-state index in [0.717, 1.165) is 30.2 Å². The molecule has 0 amide bonds. The zero-order chi connectivity index (χ0) is 12.9. The molecule has 2 aromatic rings. The van der Waals surface area contributed by atoms with E-state index in [1.165, 1.54) is 37.5 Å². The first-order chi connectivity index (χ1) is 9.42. The average molecular weight is 254 g/mol. The number of hydrogen-bond acceptors (Lipinski definition) is 2. The van der Waals surface area contributed by atoms with Gasteiger partial charge in [-0.25, -0.2) is 0 Å². The standard InChI is InChI=1S/C17H22N2/c1-2-6-14(5-1)11-12-18-13-16-10-9-15-7-3-4-8-17(15)19-16/h3-4,7-10,14,18H,1-2,5-6,11-13H2. The molecule has 0 spiro atoms. The van der Waals surface area contributed by atoms with Gasteiger partial charge in [-0.1, -0.05) is 49.9 Å². The van der Waals surface area contributed by atoms with E-state index in [0.29, 0.717) is 0 Å². The highest BCUT2D eigenvalue weighted by Crippen LogP contribution is 2.26. The lowest BCUT2D eigenvalue weighted by Gasteiger charge is -2.09. The Bertz CT molecular complexity index is 530. The summed E-state index contributed by atoms with van der Waals surface area (Å²) < 4.78 is 0. The van der Waals surface area contributed by atoms with Crippen molar-refractivity contribution in [3.8, 4) is 0 Å². The van der Waals surface area contributed by atoms with Crippen molar-refractivity contribution >= 4 is 10.9 Å². The van der Waals surface area contributed by atoms with Crippen molar-refractivity contribution in [1.82, 2.24) is 10.3 Å². The maximum absolute atomic E-state index is 4.68. The van der Waals surface area contributed by atoms with Crippen LogP contribution in [0, 0.1) is 5.92 Å². The molecule has 19 heavy (non-hydrogen) atoms. The summed E-state index contributed by atoms with van der Waals surface area (Å²) in [5.41, 5.74) is 2.24. The van der Waals surface area contributed by atoms with Gasteiger partial charge in [0.05, 0.1) is 11.2 Å². The molecule has 0 bridgehead atoms. The molecular formula is C17H22N2. The Kier molecular flexibility index (Phi) is 4.09. The summed E-state index contributed by atoms with van der Waals surface area (Å²) >= 11 is 0. The van der Waals surface area contributed by atoms with E-state index in [9.17, 15) is 0 Å². The lowest BCUT2D eigenvalue weighted by atomic mass is 10.0. The van der Waals surface area contributed by atoms with Crippen LogP contribution in [0.3, 0.4) is 0 Å². The second-order valence-corrected chi connectivity index (χ2v) is 5.61. The Labute approximate surface area is 115 Å². The molecule has 0 atom stereocenters. The molecular weight excluding hydrogens is 232 g/mol. The van der Waals surface area contributed by atoms with Crippen LogP contribution in [0.4, 0.5) is 0 Å². The monoisotopic (exact) mass is 254 g/mol. The molecule has 100 valence electrons. The van der Waals surface area contributed by atoms with Gasteiger partial charge in [-0.05, 0) is 31.0 Å². The first-order valence-corrected chi connectivity index (χ1v) is 7.47. The zero-order valence-corrected chi connectivity index (χ0v) is 11.4. The van der Waals surface area contributed by atoms with Gasteiger partial charge >= 0.3 is 0 Å². The van der Waals surface area contributed by atoms with E-state index >= 15 is 0 Å². The van der Waals surface area contributed by atoms with Gasteiger partial charge < -0.3 is 5.32 Å². The Hall–Kier alpha value is -1.41. The predicted octanol–water partition coefficient (Wildman–Crippen LogP) is 3.90. The van der Waals surface area contributed by atoms with Gasteiger partial charge in [0.2, 0.25) is 0 Å². The second kappa shape index (κ2) is 6.16. The van der Waals surface area contributed by atoms with Crippen molar-refractivity contribution in [3.63, 3.8) is 0 Å². The van der Waals surface area contributed by atoms with Gasteiger partial charge in [0.1, 0.15) is 0 Å². The number of nitrogens with one attached hydrogen (secondary N) is 1. The number of rotatable bonds is 5. The lowest BCUT2D eigenvalue weighted by Crippen LogP contribution is -2.17. The molecule has 1 fully saturated rings. The molecule has 1 N–H and O–H groups in total. The summed E-state index contributed by atoms with van der Waals surface area (Å²) in [7, 11) is 0. The van der Waals surface area contributed by atoms with E-state index in [1.807, 2.05) is 6.07 Å². The van der Waals surface area contributed by atoms with Crippen LogP contribution in [0.25, 0.3) is 10.9 Å². The van der Waals surface area contributed by atoms with E-state index < -0.39 is 0 Å². The summed E-state index contributed by atoms with van der Waals surface area (Å²) in [6, 6.07) is 12.6.